The first-order chi connectivity index (χ1) is 11.5. The van der Waals surface area contributed by atoms with Crippen LogP contribution in [0.25, 0.3) is 11.3 Å². The fraction of sp³-hybridized carbons (Fsp3) is 0.0588. The van der Waals surface area contributed by atoms with Crippen molar-refractivity contribution in [1.82, 2.24) is 4.98 Å². The quantitative estimate of drug-likeness (QED) is 0.672. The van der Waals surface area contributed by atoms with Crippen LogP contribution in [0.5, 0.6) is 0 Å². The Kier molecular flexibility index (Phi) is 4.78. The smallest absolute Gasteiger partial charge is 0.308 e. The summed E-state index contributed by atoms with van der Waals surface area (Å²) in [6.07, 6.45) is -0.151. The second-order valence-corrected chi connectivity index (χ2v) is 6.52. The van der Waals surface area contributed by atoms with E-state index in [2.05, 4.69) is 10.3 Å². The summed E-state index contributed by atoms with van der Waals surface area (Å²) in [6.45, 7) is 0. The molecule has 4 nitrogen and oxygen atoms in total. The van der Waals surface area contributed by atoms with Gasteiger partial charge < -0.3 is 10.4 Å². The Labute approximate surface area is 146 Å². The Morgan fingerprint density at radius 1 is 1.25 bits per heavy atom. The summed E-state index contributed by atoms with van der Waals surface area (Å²) in [5.41, 5.74) is 1.96. The summed E-state index contributed by atoms with van der Waals surface area (Å²) in [4.78, 5) is 16.2. The lowest BCUT2D eigenvalue weighted by Gasteiger charge is -2.02. The molecule has 0 bridgehead atoms. The van der Waals surface area contributed by atoms with Crippen molar-refractivity contribution in [1.29, 1.82) is 0 Å². The minimum atomic E-state index is -0.948. The topological polar surface area (TPSA) is 62.2 Å². The third-order valence-corrected chi connectivity index (χ3v) is 4.41. The maximum Gasteiger partial charge on any atom is 0.308 e. The van der Waals surface area contributed by atoms with Crippen molar-refractivity contribution < 1.29 is 14.3 Å². The van der Waals surface area contributed by atoms with Crippen LogP contribution in [0.4, 0.5) is 15.2 Å². The van der Waals surface area contributed by atoms with Gasteiger partial charge in [-0.1, -0.05) is 17.7 Å². The first-order valence-corrected chi connectivity index (χ1v) is 8.21. The minimum absolute atomic E-state index is 0.151. The van der Waals surface area contributed by atoms with Crippen LogP contribution in [0.15, 0.2) is 48.5 Å². The van der Waals surface area contributed by atoms with Crippen LogP contribution in [0, 0.1) is 5.82 Å². The summed E-state index contributed by atoms with van der Waals surface area (Å²) in [5.74, 6) is -1.30. The molecule has 0 atom stereocenters. The van der Waals surface area contributed by atoms with Gasteiger partial charge in [0.15, 0.2) is 5.13 Å². The Hall–Kier alpha value is -2.44. The zero-order chi connectivity index (χ0) is 17.1. The van der Waals surface area contributed by atoms with E-state index in [0.717, 1.165) is 5.69 Å². The van der Waals surface area contributed by atoms with Crippen molar-refractivity contribution in [2.75, 3.05) is 5.32 Å². The van der Waals surface area contributed by atoms with Gasteiger partial charge in [-0.15, -0.1) is 11.3 Å². The fourth-order valence-electron chi connectivity index (χ4n) is 2.19. The Morgan fingerprint density at radius 2 is 2.00 bits per heavy atom. The molecule has 2 aromatic carbocycles. The van der Waals surface area contributed by atoms with Gasteiger partial charge in [0.1, 0.15) is 5.82 Å². The summed E-state index contributed by atoms with van der Waals surface area (Å²) in [6, 6.07) is 13.0. The van der Waals surface area contributed by atoms with Crippen LogP contribution >= 0.6 is 22.9 Å². The normalized spacial score (nSPS) is 10.6. The molecule has 0 unspecified atom stereocenters. The van der Waals surface area contributed by atoms with Crippen molar-refractivity contribution >= 4 is 39.7 Å². The van der Waals surface area contributed by atoms with Crippen molar-refractivity contribution in [2.45, 2.75) is 6.42 Å². The van der Waals surface area contributed by atoms with Gasteiger partial charge in [0.25, 0.3) is 0 Å². The first kappa shape index (κ1) is 16.4. The predicted molar refractivity (Wildman–Crippen MR) is 93.6 cm³/mol. The monoisotopic (exact) mass is 362 g/mol. The van der Waals surface area contributed by atoms with E-state index in [1.165, 1.54) is 23.5 Å². The number of nitrogens with zero attached hydrogens (tertiary/aromatic N) is 1. The molecular weight excluding hydrogens is 351 g/mol. The van der Waals surface area contributed by atoms with Crippen LogP contribution in [-0.2, 0) is 11.2 Å². The van der Waals surface area contributed by atoms with Gasteiger partial charge in [0.05, 0.1) is 12.1 Å². The van der Waals surface area contributed by atoms with E-state index in [0.29, 0.717) is 26.3 Å². The SMILES string of the molecule is O=C(O)Cc1sc(Nc2cccc(Cl)c2)nc1-c1ccc(F)cc1. The molecule has 1 aromatic heterocycles. The van der Waals surface area contributed by atoms with Crippen LogP contribution in [0.2, 0.25) is 5.02 Å². The highest BCUT2D eigenvalue weighted by atomic mass is 35.5. The highest BCUT2D eigenvalue weighted by molar-refractivity contribution is 7.16. The molecule has 122 valence electrons. The number of benzene rings is 2. The average Bonchev–Trinajstić information content (AvgIpc) is 2.89. The second-order valence-electron chi connectivity index (χ2n) is 5.00. The van der Waals surface area contributed by atoms with Gasteiger partial charge in [0, 0.05) is 21.2 Å². The molecule has 3 aromatic rings. The molecule has 0 amide bonds. The summed E-state index contributed by atoms with van der Waals surface area (Å²) < 4.78 is 13.1. The van der Waals surface area contributed by atoms with E-state index >= 15 is 0 Å². The lowest BCUT2D eigenvalue weighted by molar-refractivity contribution is -0.136. The van der Waals surface area contributed by atoms with E-state index in [4.69, 9.17) is 16.7 Å². The number of aliphatic carboxylic acids is 1. The molecule has 0 saturated heterocycles. The molecule has 24 heavy (non-hydrogen) atoms. The Bertz CT molecular complexity index is 881. The van der Waals surface area contributed by atoms with Crippen LogP contribution in [0.3, 0.4) is 0 Å². The van der Waals surface area contributed by atoms with Crippen molar-refractivity contribution in [3.05, 3.63) is 64.2 Å². The molecule has 0 spiro atoms. The van der Waals surface area contributed by atoms with Gasteiger partial charge in [-0.3, -0.25) is 4.79 Å². The fourth-order valence-corrected chi connectivity index (χ4v) is 3.37. The van der Waals surface area contributed by atoms with Gasteiger partial charge >= 0.3 is 5.97 Å². The number of carboxylic acid groups (broad SMARTS) is 1. The number of carbonyl (C=O) groups is 1. The third-order valence-electron chi connectivity index (χ3n) is 3.20. The van der Waals surface area contributed by atoms with E-state index < -0.39 is 5.97 Å². The summed E-state index contributed by atoms with van der Waals surface area (Å²) in [7, 11) is 0. The molecule has 0 fully saturated rings. The number of thiazole rings is 1. The molecule has 7 heteroatoms. The van der Waals surface area contributed by atoms with Gasteiger partial charge in [-0.05, 0) is 42.5 Å². The molecule has 0 aliphatic carbocycles. The van der Waals surface area contributed by atoms with Crippen molar-refractivity contribution in [3.63, 3.8) is 0 Å². The summed E-state index contributed by atoms with van der Waals surface area (Å²) >= 11 is 7.20. The molecule has 2 N–H and O–H groups in total. The van der Waals surface area contributed by atoms with Crippen LogP contribution < -0.4 is 5.32 Å². The Balaban J connectivity index is 1.96. The lowest BCUT2D eigenvalue weighted by atomic mass is 10.1. The molecule has 0 saturated carbocycles. The molecule has 0 aliphatic heterocycles. The molecular formula is C17H12ClFN2O2S. The number of hydrogen-bond donors (Lipinski definition) is 2. The van der Waals surface area contributed by atoms with Gasteiger partial charge in [0.2, 0.25) is 0 Å². The number of hydrogen-bond acceptors (Lipinski definition) is 4. The zero-order valence-corrected chi connectivity index (χ0v) is 13.9. The minimum Gasteiger partial charge on any atom is -0.481 e. The highest BCUT2D eigenvalue weighted by Crippen LogP contribution is 2.33. The summed E-state index contributed by atoms with van der Waals surface area (Å²) in [5, 5.41) is 13.3. The van der Waals surface area contributed by atoms with Crippen LogP contribution in [0.1, 0.15) is 4.88 Å². The van der Waals surface area contributed by atoms with Crippen molar-refractivity contribution in [3.8, 4) is 11.3 Å². The maximum atomic E-state index is 13.1. The second kappa shape index (κ2) is 6.98. The number of aromatic nitrogens is 1. The van der Waals surface area contributed by atoms with E-state index in [9.17, 15) is 9.18 Å². The Morgan fingerprint density at radius 3 is 2.67 bits per heavy atom. The molecule has 3 rings (SSSR count). The lowest BCUT2D eigenvalue weighted by Crippen LogP contribution is -1.99. The zero-order valence-electron chi connectivity index (χ0n) is 12.3. The highest BCUT2D eigenvalue weighted by Gasteiger charge is 2.16. The molecule has 0 aliphatic rings. The molecule has 0 radical (unpaired) electrons. The number of nitrogens with one attached hydrogen (secondary N) is 1. The largest absolute Gasteiger partial charge is 0.481 e. The maximum absolute atomic E-state index is 13.1. The van der Waals surface area contributed by atoms with Crippen molar-refractivity contribution in [2.24, 2.45) is 0 Å². The number of carboxylic acids is 1. The van der Waals surface area contributed by atoms with Gasteiger partial charge in [-0.2, -0.15) is 0 Å². The predicted octanol–water partition coefficient (Wildman–Crippen LogP) is 4.97. The number of anilines is 2. The van der Waals surface area contributed by atoms with E-state index in [1.807, 2.05) is 6.07 Å². The molecule has 1 heterocycles. The van der Waals surface area contributed by atoms with E-state index in [1.54, 1.807) is 30.3 Å². The first-order valence-electron chi connectivity index (χ1n) is 7.01. The number of halogens is 2. The average molecular weight is 363 g/mol. The van der Waals surface area contributed by atoms with E-state index in [-0.39, 0.29) is 12.2 Å². The third kappa shape index (κ3) is 3.90. The standard InChI is InChI=1S/C17H12ClFN2O2S/c18-11-2-1-3-13(8-11)20-17-21-16(14(24-17)9-15(22)23)10-4-6-12(19)7-5-10/h1-8H,9H2,(H,20,21)(H,22,23). The van der Waals surface area contributed by atoms with Crippen LogP contribution in [-0.4, -0.2) is 16.1 Å². The van der Waals surface area contributed by atoms with Gasteiger partial charge in [-0.25, -0.2) is 9.37 Å². The number of rotatable bonds is 5.